The van der Waals surface area contributed by atoms with Crippen molar-refractivity contribution in [3.63, 3.8) is 0 Å². The summed E-state index contributed by atoms with van der Waals surface area (Å²) in [5.41, 5.74) is -0.767. The summed E-state index contributed by atoms with van der Waals surface area (Å²) in [6.07, 6.45) is 0. The average Bonchev–Trinajstić information content (AvgIpc) is 2.55. The van der Waals surface area contributed by atoms with E-state index in [-0.39, 0.29) is 18.3 Å². The second-order valence-corrected chi connectivity index (χ2v) is 5.71. The Balaban J connectivity index is 2.20. The molecule has 1 aromatic heterocycles. The van der Waals surface area contributed by atoms with Crippen LogP contribution in [-0.4, -0.2) is 27.9 Å². The molecule has 0 atom stereocenters. The maximum atomic E-state index is 12.9. The number of hydrogen-bond donors (Lipinski definition) is 4. The predicted octanol–water partition coefficient (Wildman–Crippen LogP) is 1.29. The van der Waals surface area contributed by atoms with Crippen LogP contribution in [0.15, 0.2) is 35.1 Å². The smallest absolute Gasteiger partial charge is 0.271 e. The van der Waals surface area contributed by atoms with E-state index in [0.29, 0.717) is 5.56 Å². The van der Waals surface area contributed by atoms with Crippen molar-refractivity contribution in [3.8, 4) is 5.75 Å². The number of H-pyrrole nitrogens is 1. The number of hydrogen-bond acceptors (Lipinski definition) is 4. The zero-order chi connectivity index (χ0) is 18.6. The monoisotopic (exact) mass is 347 g/mol. The molecule has 0 saturated heterocycles. The van der Waals surface area contributed by atoms with E-state index in [1.54, 1.807) is 13.8 Å². The van der Waals surface area contributed by atoms with Gasteiger partial charge in [-0.3, -0.25) is 14.4 Å². The SMILES string of the molecule is CC(C)NC(=O)c1cc(=O)c(O)c(C(=O)NCc2ccc(F)cc2)[nH]1. The molecule has 25 heavy (non-hydrogen) atoms. The van der Waals surface area contributed by atoms with Gasteiger partial charge in [-0.05, 0) is 31.5 Å². The van der Waals surface area contributed by atoms with Crippen molar-refractivity contribution in [3.05, 3.63) is 63.3 Å². The molecule has 0 aliphatic rings. The predicted molar refractivity (Wildman–Crippen MR) is 88.9 cm³/mol. The number of carbonyl (C=O) groups is 2. The summed E-state index contributed by atoms with van der Waals surface area (Å²) < 4.78 is 12.9. The Labute approximate surface area is 142 Å². The second kappa shape index (κ2) is 7.61. The molecule has 0 aliphatic carbocycles. The number of nitrogens with one attached hydrogen (secondary N) is 3. The van der Waals surface area contributed by atoms with Crippen LogP contribution in [0.5, 0.6) is 5.75 Å². The van der Waals surface area contributed by atoms with Gasteiger partial charge in [0.15, 0.2) is 11.4 Å². The minimum atomic E-state index is -0.848. The quantitative estimate of drug-likeness (QED) is 0.653. The number of aromatic hydroxyl groups is 1. The van der Waals surface area contributed by atoms with Gasteiger partial charge in [0.25, 0.3) is 11.8 Å². The van der Waals surface area contributed by atoms with Crippen LogP contribution in [0.25, 0.3) is 0 Å². The zero-order valence-corrected chi connectivity index (χ0v) is 13.7. The Kier molecular flexibility index (Phi) is 5.53. The van der Waals surface area contributed by atoms with Crippen LogP contribution in [0.4, 0.5) is 4.39 Å². The van der Waals surface area contributed by atoms with E-state index in [1.165, 1.54) is 24.3 Å². The third-order valence-corrected chi connectivity index (χ3v) is 3.26. The molecule has 2 rings (SSSR count). The van der Waals surface area contributed by atoms with Crippen molar-refractivity contribution >= 4 is 11.8 Å². The highest BCUT2D eigenvalue weighted by molar-refractivity contribution is 5.98. The maximum Gasteiger partial charge on any atom is 0.271 e. The fourth-order valence-electron chi connectivity index (χ4n) is 2.05. The number of halogens is 1. The van der Waals surface area contributed by atoms with E-state index >= 15 is 0 Å². The molecule has 0 radical (unpaired) electrons. The Bertz CT molecular complexity index is 844. The first-order valence-electron chi connectivity index (χ1n) is 7.57. The molecule has 2 aromatic rings. The summed E-state index contributed by atoms with van der Waals surface area (Å²) >= 11 is 0. The summed E-state index contributed by atoms with van der Waals surface area (Å²) in [6.45, 7) is 3.54. The van der Waals surface area contributed by atoms with Crippen LogP contribution in [0, 0.1) is 5.82 Å². The molecular weight excluding hydrogens is 329 g/mol. The lowest BCUT2D eigenvalue weighted by Crippen LogP contribution is -2.33. The van der Waals surface area contributed by atoms with Gasteiger partial charge in [0.1, 0.15) is 11.5 Å². The highest BCUT2D eigenvalue weighted by Gasteiger charge is 2.19. The van der Waals surface area contributed by atoms with E-state index in [9.17, 15) is 23.9 Å². The van der Waals surface area contributed by atoms with Crippen LogP contribution in [0.3, 0.4) is 0 Å². The minimum Gasteiger partial charge on any atom is -0.503 e. The number of amides is 2. The van der Waals surface area contributed by atoms with Crippen molar-refractivity contribution in [2.75, 3.05) is 0 Å². The second-order valence-electron chi connectivity index (χ2n) is 5.71. The molecule has 0 aliphatic heterocycles. The van der Waals surface area contributed by atoms with Crippen molar-refractivity contribution in [1.29, 1.82) is 0 Å². The third-order valence-electron chi connectivity index (χ3n) is 3.26. The normalized spacial score (nSPS) is 10.6. The molecule has 8 heteroatoms. The summed E-state index contributed by atoms with van der Waals surface area (Å²) in [5.74, 6) is -2.52. The lowest BCUT2D eigenvalue weighted by atomic mass is 10.2. The largest absolute Gasteiger partial charge is 0.503 e. The molecule has 0 saturated carbocycles. The number of aromatic nitrogens is 1. The van der Waals surface area contributed by atoms with Gasteiger partial charge in [0.05, 0.1) is 0 Å². The molecule has 7 nitrogen and oxygen atoms in total. The van der Waals surface area contributed by atoms with Crippen LogP contribution < -0.4 is 16.1 Å². The van der Waals surface area contributed by atoms with E-state index in [0.717, 1.165) is 6.07 Å². The number of pyridine rings is 1. The van der Waals surface area contributed by atoms with Gasteiger partial charge in [-0.15, -0.1) is 0 Å². The molecular formula is C17H18FN3O4. The summed E-state index contributed by atoms with van der Waals surface area (Å²) in [7, 11) is 0. The third kappa shape index (κ3) is 4.66. The number of aromatic amines is 1. The van der Waals surface area contributed by atoms with Crippen LogP contribution >= 0.6 is 0 Å². The van der Waals surface area contributed by atoms with Crippen LogP contribution in [0.1, 0.15) is 40.4 Å². The topological polar surface area (TPSA) is 111 Å². The number of rotatable bonds is 5. The highest BCUT2D eigenvalue weighted by atomic mass is 19.1. The van der Waals surface area contributed by atoms with Gasteiger partial charge in [0, 0.05) is 18.7 Å². The van der Waals surface area contributed by atoms with E-state index < -0.39 is 34.5 Å². The molecule has 0 spiro atoms. The molecule has 132 valence electrons. The van der Waals surface area contributed by atoms with Gasteiger partial charge in [0.2, 0.25) is 5.43 Å². The fraction of sp³-hybridized carbons (Fsp3) is 0.235. The van der Waals surface area contributed by atoms with Crippen LogP contribution in [0.2, 0.25) is 0 Å². The average molecular weight is 347 g/mol. The van der Waals surface area contributed by atoms with Crippen molar-refractivity contribution in [2.45, 2.75) is 26.4 Å². The molecule has 1 aromatic carbocycles. The van der Waals surface area contributed by atoms with Gasteiger partial charge in [-0.25, -0.2) is 4.39 Å². The molecule has 0 fully saturated rings. The lowest BCUT2D eigenvalue weighted by molar-refractivity contribution is 0.0935. The molecule has 1 heterocycles. The standard InChI is InChI=1S/C17H18FN3O4/c1-9(2)20-16(24)12-7-13(22)15(23)14(21-12)17(25)19-8-10-3-5-11(18)6-4-10/h3-7,9,23H,8H2,1-2H3,(H,19,25)(H,20,24)(H,21,22). The first-order valence-corrected chi connectivity index (χ1v) is 7.57. The lowest BCUT2D eigenvalue weighted by Gasteiger charge is -2.11. The fourth-order valence-corrected chi connectivity index (χ4v) is 2.05. The molecule has 2 amide bonds. The highest BCUT2D eigenvalue weighted by Crippen LogP contribution is 2.10. The summed E-state index contributed by atoms with van der Waals surface area (Å²) in [5, 5.41) is 14.9. The van der Waals surface area contributed by atoms with Gasteiger partial charge in [-0.2, -0.15) is 0 Å². The van der Waals surface area contributed by atoms with E-state index in [1.807, 2.05) is 0 Å². The Morgan fingerprint density at radius 2 is 1.84 bits per heavy atom. The van der Waals surface area contributed by atoms with Crippen molar-refractivity contribution < 1.29 is 19.1 Å². The summed E-state index contributed by atoms with van der Waals surface area (Å²) in [4.78, 5) is 38.4. The first kappa shape index (κ1) is 18.2. The zero-order valence-electron chi connectivity index (χ0n) is 13.7. The Morgan fingerprint density at radius 3 is 2.44 bits per heavy atom. The van der Waals surface area contributed by atoms with Crippen molar-refractivity contribution in [1.82, 2.24) is 15.6 Å². The summed E-state index contributed by atoms with van der Waals surface area (Å²) in [6, 6.07) is 6.23. The maximum absolute atomic E-state index is 12.9. The minimum absolute atomic E-state index is 0.0585. The molecule has 0 unspecified atom stereocenters. The van der Waals surface area contributed by atoms with Crippen molar-refractivity contribution in [2.24, 2.45) is 0 Å². The van der Waals surface area contributed by atoms with Gasteiger partial charge >= 0.3 is 0 Å². The first-order chi connectivity index (χ1) is 11.8. The molecule has 4 N–H and O–H groups in total. The Hall–Kier alpha value is -3.16. The number of benzene rings is 1. The molecule has 0 bridgehead atoms. The van der Waals surface area contributed by atoms with E-state index in [2.05, 4.69) is 15.6 Å². The van der Waals surface area contributed by atoms with E-state index in [4.69, 9.17) is 0 Å². The number of carbonyl (C=O) groups excluding carboxylic acids is 2. The Morgan fingerprint density at radius 1 is 1.20 bits per heavy atom. The van der Waals surface area contributed by atoms with Crippen LogP contribution in [-0.2, 0) is 6.54 Å². The van der Waals surface area contributed by atoms with Gasteiger partial charge in [-0.1, -0.05) is 12.1 Å². The van der Waals surface area contributed by atoms with Gasteiger partial charge < -0.3 is 20.7 Å².